The van der Waals surface area contributed by atoms with Gasteiger partial charge < -0.3 is 9.90 Å². The second kappa shape index (κ2) is 5.08. The van der Waals surface area contributed by atoms with Crippen molar-refractivity contribution < 1.29 is 9.90 Å². The fraction of sp³-hybridized carbons (Fsp3) is 0.909. The number of carbonyl (C=O) groups excluding carboxylic acids is 1. The highest BCUT2D eigenvalue weighted by molar-refractivity contribution is 7.06. The molecule has 0 bridgehead atoms. The summed E-state index contributed by atoms with van der Waals surface area (Å²) in [6.07, 6.45) is 2.24. The van der Waals surface area contributed by atoms with Gasteiger partial charge in [0.15, 0.2) is 0 Å². The molecule has 1 N–H and O–H groups in total. The summed E-state index contributed by atoms with van der Waals surface area (Å²) in [6, 6.07) is 0. The first-order chi connectivity index (χ1) is 6.23. The first-order valence-electron chi connectivity index (χ1n) is 5.37. The molecule has 0 aliphatic heterocycles. The molecule has 0 aromatic carbocycles. The Bertz CT molecular complexity index is 192. The summed E-state index contributed by atoms with van der Waals surface area (Å²) in [5.74, 6) is 0. The largest absolute Gasteiger partial charge is 0.396 e. The minimum Gasteiger partial charge on any atom is -0.396 e. The smallest absolute Gasteiger partial charge is 0.132 e. The Morgan fingerprint density at radius 2 is 1.71 bits per heavy atom. The van der Waals surface area contributed by atoms with Crippen molar-refractivity contribution in [3.63, 3.8) is 0 Å². The normalized spacial score (nSPS) is 13.0. The molecular weight excluding hydrogens is 192 g/mol. The van der Waals surface area contributed by atoms with Gasteiger partial charge in [-0.2, -0.15) is 0 Å². The Balaban J connectivity index is 4.23. The third kappa shape index (κ3) is 3.54. The van der Waals surface area contributed by atoms with Gasteiger partial charge in [-0.15, -0.1) is 0 Å². The van der Waals surface area contributed by atoms with Crippen molar-refractivity contribution in [2.24, 2.45) is 0 Å². The van der Waals surface area contributed by atoms with Crippen LogP contribution in [0.25, 0.3) is 0 Å². The topological polar surface area (TPSA) is 37.3 Å². The molecule has 2 nitrogen and oxygen atoms in total. The van der Waals surface area contributed by atoms with Crippen LogP contribution in [0, 0.1) is 0 Å². The molecule has 84 valence electrons. The zero-order valence-corrected chi connectivity index (χ0v) is 11.2. The Morgan fingerprint density at radius 1 is 1.21 bits per heavy atom. The predicted molar refractivity (Wildman–Crippen MR) is 63.1 cm³/mol. The van der Waals surface area contributed by atoms with E-state index >= 15 is 0 Å². The Labute approximate surface area is 88.7 Å². The number of unbranched alkanes of at least 4 members (excludes halogenated alkanes) is 1. The molecule has 0 saturated carbocycles. The summed E-state index contributed by atoms with van der Waals surface area (Å²) < 4.78 is 0. The van der Waals surface area contributed by atoms with Gasteiger partial charge in [-0.3, -0.25) is 0 Å². The van der Waals surface area contributed by atoms with E-state index in [1.165, 1.54) is 0 Å². The third-order valence-electron chi connectivity index (χ3n) is 3.38. The number of carbonyl (C=O) groups is 1. The predicted octanol–water partition coefficient (Wildman–Crippen LogP) is 2.77. The lowest BCUT2D eigenvalue weighted by Gasteiger charge is -2.35. The minimum absolute atomic E-state index is 0.142. The van der Waals surface area contributed by atoms with Gasteiger partial charge in [-0.05, 0) is 17.9 Å². The van der Waals surface area contributed by atoms with Crippen LogP contribution < -0.4 is 0 Å². The van der Waals surface area contributed by atoms with Crippen LogP contribution in [0.2, 0.25) is 18.1 Å². The molecule has 0 aromatic heterocycles. The molecule has 0 amide bonds. The number of rotatable bonds is 5. The molecule has 0 radical (unpaired) electrons. The van der Waals surface area contributed by atoms with Crippen LogP contribution in [-0.4, -0.2) is 25.2 Å². The molecule has 0 heterocycles. The van der Waals surface area contributed by atoms with Gasteiger partial charge in [0.25, 0.3) is 0 Å². The quantitative estimate of drug-likeness (QED) is 0.567. The minimum atomic E-state index is -1.78. The lowest BCUT2D eigenvalue weighted by molar-refractivity contribution is -0.113. The maximum atomic E-state index is 12.0. The van der Waals surface area contributed by atoms with Crippen molar-refractivity contribution in [2.75, 3.05) is 6.61 Å². The molecule has 0 unspecified atom stereocenters. The summed E-state index contributed by atoms with van der Waals surface area (Å²) >= 11 is 0. The standard InChI is InChI=1S/C11H24O2Si/c1-11(2,3)14(4,5)10(13)8-6-7-9-12/h12H,6-9H2,1-5H3. The molecule has 0 saturated heterocycles. The van der Waals surface area contributed by atoms with Crippen LogP contribution in [0.1, 0.15) is 40.0 Å². The molecule has 0 aromatic rings. The van der Waals surface area contributed by atoms with Crippen LogP contribution in [0.5, 0.6) is 0 Å². The molecule has 0 aliphatic carbocycles. The summed E-state index contributed by atoms with van der Waals surface area (Å²) in [5.41, 5.74) is 0. The molecule has 0 rings (SSSR count). The van der Waals surface area contributed by atoms with E-state index in [9.17, 15) is 4.79 Å². The van der Waals surface area contributed by atoms with E-state index in [4.69, 9.17) is 5.11 Å². The summed E-state index contributed by atoms with van der Waals surface area (Å²) in [4.78, 5) is 12.0. The molecule has 14 heavy (non-hydrogen) atoms. The van der Waals surface area contributed by atoms with E-state index < -0.39 is 8.07 Å². The molecule has 0 aliphatic rings. The van der Waals surface area contributed by atoms with Gasteiger partial charge in [0.05, 0.1) is 0 Å². The SMILES string of the molecule is CC(C)(C)[Si](C)(C)C(=O)CCCCO. The highest BCUT2D eigenvalue weighted by Gasteiger charge is 2.41. The van der Waals surface area contributed by atoms with Gasteiger partial charge in [0.2, 0.25) is 0 Å². The first kappa shape index (κ1) is 13.8. The van der Waals surface area contributed by atoms with Crippen LogP contribution in [0.4, 0.5) is 0 Å². The summed E-state index contributed by atoms with van der Waals surface area (Å²) in [5, 5.41) is 9.23. The van der Waals surface area contributed by atoms with Gasteiger partial charge in [-0.25, -0.2) is 0 Å². The number of aliphatic hydroxyl groups excluding tert-OH is 1. The zero-order chi connectivity index (χ0) is 11.4. The highest BCUT2D eigenvalue weighted by Crippen LogP contribution is 2.37. The van der Waals surface area contributed by atoms with E-state index in [1.54, 1.807) is 0 Å². The zero-order valence-electron chi connectivity index (χ0n) is 10.2. The Morgan fingerprint density at radius 3 is 2.07 bits per heavy atom. The van der Waals surface area contributed by atoms with Gasteiger partial charge in [0.1, 0.15) is 13.5 Å². The van der Waals surface area contributed by atoms with Gasteiger partial charge >= 0.3 is 0 Å². The van der Waals surface area contributed by atoms with Crippen molar-refractivity contribution in [2.45, 2.75) is 58.2 Å². The average Bonchev–Trinajstić information content (AvgIpc) is 2.02. The van der Waals surface area contributed by atoms with E-state index in [2.05, 4.69) is 33.9 Å². The van der Waals surface area contributed by atoms with Crippen molar-refractivity contribution in [1.82, 2.24) is 0 Å². The molecule has 3 heteroatoms. The van der Waals surface area contributed by atoms with Crippen molar-refractivity contribution in [3.05, 3.63) is 0 Å². The fourth-order valence-corrected chi connectivity index (χ4v) is 2.77. The third-order valence-corrected chi connectivity index (χ3v) is 8.78. The van der Waals surface area contributed by atoms with E-state index in [0.717, 1.165) is 12.8 Å². The lowest BCUT2D eigenvalue weighted by Crippen LogP contribution is -2.46. The Hall–Kier alpha value is -0.153. The molecule has 0 fully saturated rings. The lowest BCUT2D eigenvalue weighted by atomic mass is 10.2. The van der Waals surface area contributed by atoms with Crippen molar-refractivity contribution >= 4 is 13.5 Å². The van der Waals surface area contributed by atoms with E-state index in [-0.39, 0.29) is 11.6 Å². The van der Waals surface area contributed by atoms with E-state index in [0.29, 0.717) is 11.8 Å². The molecular formula is C11H24O2Si. The second-order valence-corrected chi connectivity index (χ2v) is 10.8. The van der Waals surface area contributed by atoms with Crippen LogP contribution >= 0.6 is 0 Å². The molecule has 0 atom stereocenters. The van der Waals surface area contributed by atoms with Crippen LogP contribution in [-0.2, 0) is 4.79 Å². The second-order valence-electron chi connectivity index (χ2n) is 5.48. The first-order valence-corrected chi connectivity index (χ1v) is 8.37. The monoisotopic (exact) mass is 216 g/mol. The maximum absolute atomic E-state index is 12.0. The van der Waals surface area contributed by atoms with Gasteiger partial charge in [-0.1, -0.05) is 33.9 Å². The van der Waals surface area contributed by atoms with Crippen molar-refractivity contribution in [1.29, 1.82) is 0 Å². The maximum Gasteiger partial charge on any atom is 0.132 e. The fourth-order valence-electron chi connectivity index (χ4n) is 1.13. The average molecular weight is 216 g/mol. The van der Waals surface area contributed by atoms with Crippen molar-refractivity contribution in [3.8, 4) is 0 Å². The molecule has 0 spiro atoms. The summed E-state index contributed by atoms with van der Waals surface area (Å²) in [6.45, 7) is 11.0. The van der Waals surface area contributed by atoms with E-state index in [1.807, 2.05) is 0 Å². The summed E-state index contributed by atoms with van der Waals surface area (Å²) in [7, 11) is -1.78. The highest BCUT2D eigenvalue weighted by atomic mass is 28.3. The van der Waals surface area contributed by atoms with Crippen LogP contribution in [0.15, 0.2) is 0 Å². The number of hydrogen-bond acceptors (Lipinski definition) is 2. The number of aliphatic hydroxyl groups is 1. The van der Waals surface area contributed by atoms with Crippen LogP contribution in [0.3, 0.4) is 0 Å². The van der Waals surface area contributed by atoms with Gasteiger partial charge in [0, 0.05) is 13.0 Å². The Kier molecular flexibility index (Phi) is 5.02. The number of hydrogen-bond donors (Lipinski definition) is 1.